The van der Waals surface area contributed by atoms with Gasteiger partial charge < -0.3 is 15.0 Å². The number of hydrogen-bond acceptors (Lipinski definition) is 3. The zero-order valence-corrected chi connectivity index (χ0v) is 13.6. The summed E-state index contributed by atoms with van der Waals surface area (Å²) in [7, 11) is 3.94. The Morgan fingerprint density at radius 3 is 2.55 bits per heavy atom. The topological polar surface area (TPSA) is 24.5 Å². The van der Waals surface area contributed by atoms with E-state index in [1.54, 1.807) is 7.11 Å². The summed E-state index contributed by atoms with van der Waals surface area (Å²) < 4.78 is 5.52. The second-order valence-electron chi connectivity index (χ2n) is 5.45. The lowest BCUT2D eigenvalue weighted by Gasteiger charge is -2.30. The minimum absolute atomic E-state index is 0.310. The fourth-order valence-electron chi connectivity index (χ4n) is 2.33. The maximum Gasteiger partial charge on any atom is 0.123 e. The van der Waals surface area contributed by atoms with E-state index in [9.17, 15) is 0 Å². The molecule has 0 fully saturated rings. The standard InChI is InChI=1S/C17H30N2O/c1-6-12-18-16(13-19(4)14(3)7-2)15-10-8-9-11-17(15)20-5/h8-11,14,16,18H,6-7,12-13H2,1-5H3. The number of rotatable bonds is 9. The summed E-state index contributed by atoms with van der Waals surface area (Å²) in [6, 6.07) is 9.22. The second-order valence-corrected chi connectivity index (χ2v) is 5.45. The fraction of sp³-hybridized carbons (Fsp3) is 0.647. The molecule has 0 aliphatic heterocycles. The second kappa shape index (κ2) is 8.98. The molecule has 0 aliphatic rings. The van der Waals surface area contributed by atoms with Crippen molar-refractivity contribution < 1.29 is 4.74 Å². The maximum atomic E-state index is 5.52. The average Bonchev–Trinajstić information content (AvgIpc) is 2.50. The van der Waals surface area contributed by atoms with Gasteiger partial charge in [-0.2, -0.15) is 0 Å². The molecule has 1 aromatic rings. The molecule has 0 aliphatic carbocycles. The van der Waals surface area contributed by atoms with Gasteiger partial charge in [0.2, 0.25) is 0 Å². The molecular weight excluding hydrogens is 248 g/mol. The predicted molar refractivity (Wildman–Crippen MR) is 86.4 cm³/mol. The van der Waals surface area contributed by atoms with Crippen molar-refractivity contribution in [2.24, 2.45) is 0 Å². The zero-order valence-electron chi connectivity index (χ0n) is 13.6. The fourth-order valence-corrected chi connectivity index (χ4v) is 2.33. The van der Waals surface area contributed by atoms with Crippen LogP contribution in [0.5, 0.6) is 5.75 Å². The molecule has 2 atom stereocenters. The molecule has 1 aromatic carbocycles. The molecule has 20 heavy (non-hydrogen) atoms. The van der Waals surface area contributed by atoms with E-state index in [0.717, 1.165) is 25.3 Å². The third kappa shape index (κ3) is 4.80. The van der Waals surface area contributed by atoms with Crippen LogP contribution in [0.4, 0.5) is 0 Å². The third-order valence-corrected chi connectivity index (χ3v) is 3.97. The first-order valence-corrected chi connectivity index (χ1v) is 7.70. The van der Waals surface area contributed by atoms with Gasteiger partial charge in [0.25, 0.3) is 0 Å². The quantitative estimate of drug-likeness (QED) is 0.748. The molecule has 1 rings (SSSR count). The Labute approximate surface area is 124 Å². The van der Waals surface area contributed by atoms with Crippen LogP contribution in [0, 0.1) is 0 Å². The summed E-state index contributed by atoms with van der Waals surface area (Å²) in [5.41, 5.74) is 1.25. The van der Waals surface area contributed by atoms with Gasteiger partial charge in [0.1, 0.15) is 5.75 Å². The molecule has 0 radical (unpaired) electrons. The highest BCUT2D eigenvalue weighted by Crippen LogP contribution is 2.25. The summed E-state index contributed by atoms with van der Waals surface area (Å²) >= 11 is 0. The van der Waals surface area contributed by atoms with E-state index in [4.69, 9.17) is 4.74 Å². The molecule has 0 saturated carbocycles. The maximum absolute atomic E-state index is 5.52. The molecular formula is C17H30N2O. The van der Waals surface area contributed by atoms with Crippen molar-refractivity contribution in [1.29, 1.82) is 0 Å². The molecule has 0 aromatic heterocycles. The van der Waals surface area contributed by atoms with Gasteiger partial charge in [-0.3, -0.25) is 0 Å². The average molecular weight is 278 g/mol. The number of benzene rings is 1. The largest absolute Gasteiger partial charge is 0.496 e. The van der Waals surface area contributed by atoms with Crippen LogP contribution in [-0.2, 0) is 0 Å². The van der Waals surface area contributed by atoms with Crippen LogP contribution in [0.15, 0.2) is 24.3 Å². The van der Waals surface area contributed by atoms with Crippen molar-refractivity contribution in [3.8, 4) is 5.75 Å². The lowest BCUT2D eigenvalue weighted by Crippen LogP contribution is -2.38. The molecule has 0 amide bonds. The first kappa shape index (κ1) is 17.0. The van der Waals surface area contributed by atoms with E-state index < -0.39 is 0 Å². The van der Waals surface area contributed by atoms with Crippen LogP contribution < -0.4 is 10.1 Å². The van der Waals surface area contributed by atoms with Crippen molar-refractivity contribution in [3.63, 3.8) is 0 Å². The van der Waals surface area contributed by atoms with Crippen molar-refractivity contribution in [2.75, 3.05) is 27.2 Å². The monoisotopic (exact) mass is 278 g/mol. The van der Waals surface area contributed by atoms with Crippen molar-refractivity contribution >= 4 is 0 Å². The minimum Gasteiger partial charge on any atom is -0.496 e. The zero-order chi connectivity index (χ0) is 15.0. The van der Waals surface area contributed by atoms with Gasteiger partial charge in [-0.05, 0) is 39.4 Å². The van der Waals surface area contributed by atoms with Crippen LogP contribution in [-0.4, -0.2) is 38.2 Å². The normalized spacial score (nSPS) is 14.3. The smallest absolute Gasteiger partial charge is 0.123 e. The summed E-state index contributed by atoms with van der Waals surface area (Å²) in [6.07, 6.45) is 2.31. The summed E-state index contributed by atoms with van der Waals surface area (Å²) in [4.78, 5) is 2.42. The first-order valence-electron chi connectivity index (χ1n) is 7.70. The van der Waals surface area contributed by atoms with Gasteiger partial charge in [-0.25, -0.2) is 0 Å². The Bertz CT molecular complexity index is 381. The summed E-state index contributed by atoms with van der Waals surface area (Å²) in [6.45, 7) is 8.73. The van der Waals surface area contributed by atoms with Crippen molar-refractivity contribution in [3.05, 3.63) is 29.8 Å². The molecule has 0 saturated heterocycles. The Balaban J connectivity index is 2.87. The number of ether oxygens (including phenoxy) is 1. The summed E-state index contributed by atoms with van der Waals surface area (Å²) in [5.74, 6) is 0.971. The molecule has 0 bridgehead atoms. The number of methoxy groups -OCH3 is 1. The molecule has 3 nitrogen and oxygen atoms in total. The Morgan fingerprint density at radius 1 is 1.25 bits per heavy atom. The number of likely N-dealkylation sites (N-methyl/N-ethyl adjacent to an activating group) is 1. The number of para-hydroxylation sites is 1. The predicted octanol–water partition coefficient (Wildman–Crippen LogP) is 3.47. The van der Waals surface area contributed by atoms with Crippen LogP contribution in [0.25, 0.3) is 0 Å². The SMILES string of the molecule is CCCNC(CN(C)C(C)CC)c1ccccc1OC. The lowest BCUT2D eigenvalue weighted by atomic mass is 10.0. The highest BCUT2D eigenvalue weighted by molar-refractivity contribution is 5.36. The number of hydrogen-bond donors (Lipinski definition) is 1. The lowest BCUT2D eigenvalue weighted by molar-refractivity contribution is 0.222. The molecule has 2 unspecified atom stereocenters. The third-order valence-electron chi connectivity index (χ3n) is 3.97. The molecule has 0 heterocycles. The Morgan fingerprint density at radius 2 is 1.95 bits per heavy atom. The van der Waals surface area contributed by atoms with E-state index in [-0.39, 0.29) is 0 Å². The van der Waals surface area contributed by atoms with Crippen LogP contribution in [0.3, 0.4) is 0 Å². The van der Waals surface area contributed by atoms with E-state index >= 15 is 0 Å². The molecule has 1 N–H and O–H groups in total. The van der Waals surface area contributed by atoms with Gasteiger partial charge in [-0.1, -0.05) is 32.0 Å². The van der Waals surface area contributed by atoms with Gasteiger partial charge in [0.15, 0.2) is 0 Å². The summed E-state index contributed by atoms with van der Waals surface area (Å²) in [5, 5.41) is 3.65. The Kier molecular flexibility index (Phi) is 7.63. The number of nitrogens with one attached hydrogen (secondary N) is 1. The minimum atomic E-state index is 0.310. The first-order chi connectivity index (χ1) is 9.63. The van der Waals surface area contributed by atoms with Gasteiger partial charge >= 0.3 is 0 Å². The van der Waals surface area contributed by atoms with E-state index in [0.29, 0.717) is 12.1 Å². The van der Waals surface area contributed by atoms with Crippen LogP contribution in [0.2, 0.25) is 0 Å². The van der Waals surface area contributed by atoms with Crippen molar-refractivity contribution in [2.45, 2.75) is 45.7 Å². The van der Waals surface area contributed by atoms with E-state index in [1.165, 1.54) is 12.0 Å². The van der Waals surface area contributed by atoms with E-state index in [2.05, 4.69) is 50.2 Å². The van der Waals surface area contributed by atoms with Crippen molar-refractivity contribution in [1.82, 2.24) is 10.2 Å². The molecule has 114 valence electrons. The van der Waals surface area contributed by atoms with Gasteiger partial charge in [0.05, 0.1) is 7.11 Å². The highest BCUT2D eigenvalue weighted by Gasteiger charge is 2.18. The Hall–Kier alpha value is -1.06. The number of nitrogens with zero attached hydrogens (tertiary/aromatic N) is 1. The van der Waals surface area contributed by atoms with Crippen LogP contribution >= 0.6 is 0 Å². The molecule has 0 spiro atoms. The van der Waals surface area contributed by atoms with Gasteiger partial charge in [-0.15, -0.1) is 0 Å². The van der Waals surface area contributed by atoms with Crippen LogP contribution in [0.1, 0.15) is 45.2 Å². The van der Waals surface area contributed by atoms with Gasteiger partial charge in [0, 0.05) is 24.2 Å². The highest BCUT2D eigenvalue weighted by atomic mass is 16.5. The molecule has 3 heteroatoms. The van der Waals surface area contributed by atoms with E-state index in [1.807, 2.05) is 12.1 Å².